The number of allylic oxidation sites excluding steroid dienone is 1. The predicted molar refractivity (Wildman–Crippen MR) is 141 cm³/mol. The number of benzene rings is 3. The van der Waals surface area contributed by atoms with Gasteiger partial charge in [0, 0.05) is 23.3 Å². The Bertz CT molecular complexity index is 1210. The van der Waals surface area contributed by atoms with Crippen LogP contribution in [0.5, 0.6) is 0 Å². The fourth-order valence-electron chi connectivity index (χ4n) is 5.10. The number of aryl methyl sites for hydroxylation is 2. The lowest BCUT2D eigenvalue weighted by Gasteiger charge is -2.29. The predicted octanol–water partition coefficient (Wildman–Crippen LogP) is 9.22. The number of rotatable bonds is 10. The highest BCUT2D eigenvalue weighted by Crippen LogP contribution is 2.34. The lowest BCUT2D eigenvalue weighted by Crippen LogP contribution is -2.26. The third-order valence-corrected chi connectivity index (χ3v) is 7.32. The summed E-state index contributed by atoms with van der Waals surface area (Å²) >= 11 is 0. The molecule has 2 atom stereocenters. The zero-order valence-corrected chi connectivity index (χ0v) is 21.3. The second-order valence-corrected chi connectivity index (χ2v) is 9.94. The molecule has 37 heavy (non-hydrogen) atoms. The number of halogens is 4. The van der Waals surface area contributed by atoms with Crippen LogP contribution in [0.4, 0.5) is 17.6 Å². The summed E-state index contributed by atoms with van der Waals surface area (Å²) in [6.07, 6.45) is 8.68. The van der Waals surface area contributed by atoms with E-state index in [-0.39, 0.29) is 28.4 Å². The van der Waals surface area contributed by atoms with Crippen LogP contribution in [0.3, 0.4) is 0 Å². The molecule has 3 aromatic rings. The summed E-state index contributed by atoms with van der Waals surface area (Å²) in [5.41, 5.74) is 1.35. The molecule has 0 N–H and O–H groups in total. The summed E-state index contributed by atoms with van der Waals surface area (Å²) in [4.78, 5) is 0. The Labute approximate surface area is 217 Å². The quantitative estimate of drug-likeness (QED) is 0.195. The minimum absolute atomic E-state index is 0.0113. The topological polar surface area (TPSA) is 9.23 Å². The normalized spacial score (nSPS) is 17.6. The van der Waals surface area contributed by atoms with Crippen LogP contribution >= 0.6 is 0 Å². The summed E-state index contributed by atoms with van der Waals surface area (Å²) < 4.78 is 66.0. The van der Waals surface area contributed by atoms with Gasteiger partial charge in [0.05, 0.1) is 6.10 Å². The highest BCUT2D eigenvalue weighted by Gasteiger charge is 2.24. The molecule has 0 aromatic heterocycles. The first-order valence-corrected chi connectivity index (χ1v) is 13.2. The maximum Gasteiger partial charge on any atom is 0.167 e. The number of hydrogen-bond donors (Lipinski definition) is 0. The van der Waals surface area contributed by atoms with Crippen molar-refractivity contribution in [2.75, 3.05) is 6.61 Å². The van der Waals surface area contributed by atoms with Crippen molar-refractivity contribution in [2.45, 2.75) is 64.4 Å². The monoisotopic (exact) mass is 510 g/mol. The van der Waals surface area contributed by atoms with Gasteiger partial charge in [0.1, 0.15) is 0 Å². The van der Waals surface area contributed by atoms with Gasteiger partial charge in [-0.1, -0.05) is 68.0 Å². The van der Waals surface area contributed by atoms with Crippen LogP contribution in [0.15, 0.2) is 61.2 Å². The van der Waals surface area contributed by atoms with Crippen molar-refractivity contribution in [1.29, 1.82) is 0 Å². The first kappa shape index (κ1) is 27.1. The van der Waals surface area contributed by atoms with Gasteiger partial charge in [-0.05, 0) is 67.6 Å². The van der Waals surface area contributed by atoms with Crippen molar-refractivity contribution in [3.05, 3.63) is 95.6 Å². The smallest absolute Gasteiger partial charge is 0.167 e. The van der Waals surface area contributed by atoms with E-state index in [1.807, 2.05) is 18.2 Å². The van der Waals surface area contributed by atoms with Gasteiger partial charge >= 0.3 is 0 Å². The van der Waals surface area contributed by atoms with Crippen LogP contribution < -0.4 is 0 Å². The lowest BCUT2D eigenvalue weighted by molar-refractivity contribution is -0.0212. The van der Waals surface area contributed by atoms with Crippen LogP contribution in [-0.2, 0) is 17.6 Å². The average molecular weight is 511 g/mol. The molecule has 1 heterocycles. The lowest BCUT2D eigenvalue weighted by atomic mass is 9.91. The molecule has 196 valence electrons. The van der Waals surface area contributed by atoms with Crippen molar-refractivity contribution < 1.29 is 22.3 Å². The van der Waals surface area contributed by atoms with E-state index in [1.165, 1.54) is 24.3 Å². The first-order chi connectivity index (χ1) is 17.9. The van der Waals surface area contributed by atoms with Crippen molar-refractivity contribution in [1.82, 2.24) is 0 Å². The zero-order valence-electron chi connectivity index (χ0n) is 21.3. The van der Waals surface area contributed by atoms with E-state index in [2.05, 4.69) is 13.5 Å². The Kier molecular flexibility index (Phi) is 9.20. The third-order valence-electron chi connectivity index (χ3n) is 7.32. The largest absolute Gasteiger partial charge is 0.378 e. The number of ether oxygens (including phenoxy) is 1. The van der Waals surface area contributed by atoms with E-state index in [4.69, 9.17) is 4.74 Å². The molecule has 4 rings (SSSR count). The number of hydrogen-bond acceptors (Lipinski definition) is 1. The molecule has 2 unspecified atom stereocenters. The Morgan fingerprint density at radius 3 is 2.08 bits per heavy atom. The Morgan fingerprint density at radius 2 is 1.43 bits per heavy atom. The SMILES string of the molecule is C=CCCC1CCC(CCc2ccc(-c3ccc(-c4ccc(CCC)cc4)c(F)c3F)c(F)c2F)OC1. The van der Waals surface area contributed by atoms with Gasteiger partial charge in [0.2, 0.25) is 0 Å². The first-order valence-electron chi connectivity index (χ1n) is 13.2. The van der Waals surface area contributed by atoms with Crippen molar-refractivity contribution in [3.8, 4) is 22.3 Å². The third kappa shape index (κ3) is 6.32. The Balaban J connectivity index is 1.47. The molecule has 1 aliphatic rings. The second kappa shape index (κ2) is 12.6. The molecule has 1 aliphatic heterocycles. The molecule has 0 amide bonds. The van der Waals surface area contributed by atoms with Crippen molar-refractivity contribution in [2.24, 2.45) is 5.92 Å². The fourth-order valence-corrected chi connectivity index (χ4v) is 5.10. The van der Waals surface area contributed by atoms with Gasteiger partial charge in [0.15, 0.2) is 23.3 Å². The molecule has 0 aliphatic carbocycles. The van der Waals surface area contributed by atoms with E-state index in [0.29, 0.717) is 30.9 Å². The van der Waals surface area contributed by atoms with Gasteiger partial charge in [0.25, 0.3) is 0 Å². The molecule has 0 spiro atoms. The maximum atomic E-state index is 15.1. The molecule has 3 aromatic carbocycles. The highest BCUT2D eigenvalue weighted by atomic mass is 19.2. The molecule has 1 saturated heterocycles. The maximum absolute atomic E-state index is 15.1. The minimum atomic E-state index is -1.19. The van der Waals surface area contributed by atoms with Crippen LogP contribution in [0.1, 0.15) is 56.6 Å². The molecule has 0 saturated carbocycles. The van der Waals surface area contributed by atoms with Gasteiger partial charge in [-0.15, -0.1) is 6.58 Å². The van der Waals surface area contributed by atoms with Crippen LogP contribution in [-0.4, -0.2) is 12.7 Å². The highest BCUT2D eigenvalue weighted by molar-refractivity contribution is 5.72. The minimum Gasteiger partial charge on any atom is -0.378 e. The van der Waals surface area contributed by atoms with Gasteiger partial charge in [-0.2, -0.15) is 0 Å². The molecule has 0 radical (unpaired) electrons. The van der Waals surface area contributed by atoms with Crippen LogP contribution in [0.2, 0.25) is 0 Å². The molecule has 0 bridgehead atoms. The fraction of sp³-hybridized carbons (Fsp3) is 0.375. The molecule has 1 nitrogen and oxygen atoms in total. The summed E-state index contributed by atoms with van der Waals surface area (Å²) in [5.74, 6) is -3.94. The average Bonchev–Trinajstić information content (AvgIpc) is 2.91. The van der Waals surface area contributed by atoms with E-state index in [0.717, 1.165) is 44.1 Å². The molecule has 5 heteroatoms. The standard InChI is InChI=1S/C32H34F4O/c1-3-5-7-22-10-15-25(37-20-22)16-13-24-14-17-27(31(35)29(24)33)28-19-18-26(30(34)32(28)36)23-11-8-21(6-4-2)9-12-23/h3,8-9,11-12,14,17-19,22,25H,1,4-7,10,13,15-16,20H2,2H3. The van der Waals surface area contributed by atoms with Crippen LogP contribution in [0, 0.1) is 29.2 Å². The van der Waals surface area contributed by atoms with E-state index in [9.17, 15) is 4.39 Å². The van der Waals surface area contributed by atoms with Crippen LogP contribution in [0.25, 0.3) is 22.3 Å². The summed E-state index contributed by atoms with van der Waals surface area (Å²) in [6.45, 7) is 6.50. The van der Waals surface area contributed by atoms with Crippen molar-refractivity contribution >= 4 is 0 Å². The van der Waals surface area contributed by atoms with E-state index >= 15 is 13.2 Å². The summed E-state index contributed by atoms with van der Waals surface area (Å²) in [7, 11) is 0. The van der Waals surface area contributed by atoms with Crippen molar-refractivity contribution in [3.63, 3.8) is 0 Å². The second-order valence-electron chi connectivity index (χ2n) is 9.94. The van der Waals surface area contributed by atoms with E-state index < -0.39 is 23.3 Å². The molecule has 1 fully saturated rings. The molecular formula is C32H34F4O. The van der Waals surface area contributed by atoms with Gasteiger partial charge in [-0.3, -0.25) is 0 Å². The molecular weight excluding hydrogens is 476 g/mol. The Morgan fingerprint density at radius 1 is 0.784 bits per heavy atom. The van der Waals surface area contributed by atoms with Gasteiger partial charge in [-0.25, -0.2) is 17.6 Å². The summed E-state index contributed by atoms with van der Waals surface area (Å²) in [5, 5.41) is 0. The van der Waals surface area contributed by atoms with Gasteiger partial charge < -0.3 is 4.74 Å². The summed E-state index contributed by atoms with van der Waals surface area (Å²) in [6, 6.07) is 12.8. The zero-order chi connectivity index (χ0) is 26.4. The Hall–Kier alpha value is -2.92. The van der Waals surface area contributed by atoms with E-state index in [1.54, 1.807) is 12.1 Å².